The first kappa shape index (κ1) is 14.8. The summed E-state index contributed by atoms with van der Waals surface area (Å²) in [6.45, 7) is 1.90. The maximum absolute atomic E-state index is 12.4. The zero-order chi connectivity index (χ0) is 15.4. The molecule has 0 radical (unpaired) electrons. The number of rotatable bonds is 4. The normalized spacial score (nSPS) is 11.8. The van der Waals surface area contributed by atoms with Crippen LogP contribution >= 0.6 is 0 Å². The minimum atomic E-state index is -0.341. The molecule has 1 heterocycles. The van der Waals surface area contributed by atoms with Gasteiger partial charge in [0.05, 0.1) is 13.2 Å². The van der Waals surface area contributed by atoms with Crippen LogP contribution in [0.1, 0.15) is 29.0 Å². The molecule has 0 spiro atoms. The zero-order valence-electron chi connectivity index (χ0n) is 12.2. The highest BCUT2D eigenvalue weighted by atomic mass is 16.5. The van der Waals surface area contributed by atoms with E-state index in [-0.39, 0.29) is 23.2 Å². The van der Waals surface area contributed by atoms with Crippen molar-refractivity contribution >= 4 is 5.91 Å². The van der Waals surface area contributed by atoms with E-state index >= 15 is 0 Å². The van der Waals surface area contributed by atoms with Crippen LogP contribution in [-0.2, 0) is 0 Å². The molecule has 1 amide bonds. The van der Waals surface area contributed by atoms with Crippen LogP contribution in [0.5, 0.6) is 5.75 Å². The van der Waals surface area contributed by atoms with E-state index in [1.54, 1.807) is 19.1 Å². The molecule has 2 aromatic rings. The van der Waals surface area contributed by atoms with Gasteiger partial charge in [-0.2, -0.15) is 5.10 Å². The second-order valence-electron chi connectivity index (χ2n) is 4.64. The molecule has 110 valence electrons. The van der Waals surface area contributed by atoms with Crippen LogP contribution in [0.4, 0.5) is 0 Å². The predicted octanol–water partition coefficient (Wildman–Crippen LogP) is 1.61. The van der Waals surface area contributed by atoms with Crippen LogP contribution in [-0.4, -0.2) is 35.2 Å². The first-order chi connectivity index (χ1) is 10.0. The summed E-state index contributed by atoms with van der Waals surface area (Å²) in [5.74, 6) is 0.448. The Morgan fingerprint density at radius 2 is 2.00 bits per heavy atom. The van der Waals surface area contributed by atoms with Gasteiger partial charge in [0, 0.05) is 18.7 Å². The molecule has 1 aromatic heterocycles. The van der Waals surface area contributed by atoms with E-state index in [2.05, 4.69) is 10.2 Å². The second kappa shape index (κ2) is 6.21. The predicted molar refractivity (Wildman–Crippen MR) is 78.4 cm³/mol. The monoisotopic (exact) mass is 287 g/mol. The molecule has 0 aliphatic rings. The highest BCUT2D eigenvalue weighted by Gasteiger charge is 2.22. The average molecular weight is 287 g/mol. The number of hydrogen-bond acceptors (Lipinski definition) is 4. The summed E-state index contributed by atoms with van der Waals surface area (Å²) in [5.41, 5.74) is 0.756. The Morgan fingerprint density at radius 3 is 2.62 bits per heavy atom. The number of hydrogen-bond donors (Lipinski definition) is 1. The van der Waals surface area contributed by atoms with Crippen LogP contribution < -0.4 is 10.3 Å². The van der Waals surface area contributed by atoms with E-state index < -0.39 is 0 Å². The number of nitrogens with zero attached hydrogens (tertiary/aromatic N) is 2. The SMILES string of the molecule is COc1ccccc1[C@@H](C)N(C)C(=O)c1ccc(=O)[nH]n1. The number of carbonyl (C=O) groups is 1. The summed E-state index contributed by atoms with van der Waals surface area (Å²) in [5, 5.41) is 6.02. The topological polar surface area (TPSA) is 75.3 Å². The van der Waals surface area contributed by atoms with Crippen molar-refractivity contribution in [2.45, 2.75) is 13.0 Å². The zero-order valence-corrected chi connectivity index (χ0v) is 12.2. The Hall–Kier alpha value is -2.63. The molecule has 0 saturated heterocycles. The number of methoxy groups -OCH3 is 1. The summed E-state index contributed by atoms with van der Waals surface area (Å²) in [6, 6.07) is 10.0. The van der Waals surface area contributed by atoms with Gasteiger partial charge >= 0.3 is 0 Å². The molecular formula is C15H17N3O3. The minimum Gasteiger partial charge on any atom is -0.496 e. The molecule has 6 nitrogen and oxygen atoms in total. The van der Waals surface area contributed by atoms with E-state index in [1.165, 1.54) is 12.1 Å². The van der Waals surface area contributed by atoms with E-state index in [0.29, 0.717) is 0 Å². The lowest BCUT2D eigenvalue weighted by molar-refractivity contribution is 0.0734. The maximum atomic E-state index is 12.4. The number of nitrogens with one attached hydrogen (secondary N) is 1. The Bertz CT molecular complexity index is 676. The van der Waals surface area contributed by atoms with Gasteiger partial charge in [0.25, 0.3) is 11.5 Å². The first-order valence-electron chi connectivity index (χ1n) is 6.50. The second-order valence-corrected chi connectivity index (χ2v) is 4.64. The number of H-pyrrole nitrogens is 1. The largest absolute Gasteiger partial charge is 0.496 e. The molecule has 0 aliphatic carbocycles. The molecule has 0 aliphatic heterocycles. The van der Waals surface area contributed by atoms with E-state index in [0.717, 1.165) is 11.3 Å². The molecule has 0 fully saturated rings. The van der Waals surface area contributed by atoms with Crippen LogP contribution in [0.25, 0.3) is 0 Å². The first-order valence-corrected chi connectivity index (χ1v) is 6.50. The van der Waals surface area contributed by atoms with Crippen molar-refractivity contribution in [2.75, 3.05) is 14.2 Å². The number of carbonyl (C=O) groups excluding carboxylic acids is 1. The molecule has 6 heteroatoms. The summed E-state index contributed by atoms with van der Waals surface area (Å²) in [6.07, 6.45) is 0. The van der Waals surface area contributed by atoms with Gasteiger partial charge in [-0.25, -0.2) is 5.10 Å². The summed E-state index contributed by atoms with van der Waals surface area (Å²) >= 11 is 0. The number of para-hydroxylation sites is 1. The van der Waals surface area contributed by atoms with Gasteiger partial charge < -0.3 is 9.64 Å². The van der Waals surface area contributed by atoms with Crippen molar-refractivity contribution in [3.05, 3.63) is 58.0 Å². The third-order valence-electron chi connectivity index (χ3n) is 3.39. The molecule has 1 atom stereocenters. The summed E-state index contributed by atoms with van der Waals surface area (Å²) in [7, 11) is 3.28. The fourth-order valence-electron chi connectivity index (χ4n) is 2.04. The van der Waals surface area contributed by atoms with Gasteiger partial charge in [-0.1, -0.05) is 18.2 Å². The Balaban J connectivity index is 2.26. The van der Waals surface area contributed by atoms with Gasteiger partial charge in [0.1, 0.15) is 11.4 Å². The lowest BCUT2D eigenvalue weighted by atomic mass is 10.1. The van der Waals surface area contributed by atoms with Crippen LogP contribution in [0.3, 0.4) is 0 Å². The van der Waals surface area contributed by atoms with Crippen LogP contribution in [0, 0.1) is 0 Å². The van der Waals surface area contributed by atoms with Crippen molar-refractivity contribution in [3.63, 3.8) is 0 Å². The van der Waals surface area contributed by atoms with Crippen molar-refractivity contribution in [1.29, 1.82) is 0 Å². The lowest BCUT2D eigenvalue weighted by Crippen LogP contribution is -2.31. The third-order valence-corrected chi connectivity index (χ3v) is 3.39. The molecule has 2 rings (SSSR count). The quantitative estimate of drug-likeness (QED) is 0.927. The molecule has 21 heavy (non-hydrogen) atoms. The lowest BCUT2D eigenvalue weighted by Gasteiger charge is -2.26. The fourth-order valence-corrected chi connectivity index (χ4v) is 2.04. The van der Waals surface area contributed by atoms with E-state index in [9.17, 15) is 9.59 Å². The highest BCUT2D eigenvalue weighted by molar-refractivity contribution is 5.92. The summed E-state index contributed by atoms with van der Waals surface area (Å²) < 4.78 is 5.32. The fraction of sp³-hybridized carbons (Fsp3) is 0.267. The molecule has 0 saturated carbocycles. The third kappa shape index (κ3) is 3.10. The van der Waals surface area contributed by atoms with Crippen molar-refractivity contribution in [2.24, 2.45) is 0 Å². The number of aromatic nitrogens is 2. The molecule has 1 aromatic carbocycles. The standard InChI is InChI=1S/C15H17N3O3/c1-10(11-6-4-5-7-13(11)21-3)18(2)15(20)12-8-9-14(19)17-16-12/h4-10H,1-3H3,(H,17,19)/t10-/m1/s1. The molecule has 1 N–H and O–H groups in total. The van der Waals surface area contributed by atoms with E-state index in [1.807, 2.05) is 31.2 Å². The minimum absolute atomic E-state index is 0.192. The van der Waals surface area contributed by atoms with E-state index in [4.69, 9.17) is 4.74 Å². The van der Waals surface area contributed by atoms with Gasteiger partial charge in [-0.3, -0.25) is 9.59 Å². The maximum Gasteiger partial charge on any atom is 0.274 e. The molecule has 0 unspecified atom stereocenters. The van der Waals surface area contributed by atoms with Gasteiger partial charge in [-0.05, 0) is 19.1 Å². The van der Waals surface area contributed by atoms with Crippen molar-refractivity contribution < 1.29 is 9.53 Å². The molecule has 0 bridgehead atoms. The summed E-state index contributed by atoms with van der Waals surface area (Å²) in [4.78, 5) is 24.9. The Morgan fingerprint density at radius 1 is 1.29 bits per heavy atom. The van der Waals surface area contributed by atoms with Crippen LogP contribution in [0.2, 0.25) is 0 Å². The van der Waals surface area contributed by atoms with Crippen molar-refractivity contribution in [1.82, 2.24) is 15.1 Å². The van der Waals surface area contributed by atoms with Gasteiger partial charge in [-0.15, -0.1) is 0 Å². The highest BCUT2D eigenvalue weighted by Crippen LogP contribution is 2.28. The number of benzene rings is 1. The Labute approximate surface area is 122 Å². The number of aromatic amines is 1. The van der Waals surface area contributed by atoms with Crippen LogP contribution in [0.15, 0.2) is 41.2 Å². The average Bonchev–Trinajstić information content (AvgIpc) is 2.53. The Kier molecular flexibility index (Phi) is 4.37. The smallest absolute Gasteiger partial charge is 0.274 e. The number of ether oxygens (including phenoxy) is 1. The van der Waals surface area contributed by atoms with Gasteiger partial charge in [0.15, 0.2) is 0 Å². The van der Waals surface area contributed by atoms with Crippen molar-refractivity contribution in [3.8, 4) is 5.75 Å². The molecular weight excluding hydrogens is 270 g/mol. The van der Waals surface area contributed by atoms with Gasteiger partial charge in [0.2, 0.25) is 0 Å². The number of amides is 1.